The van der Waals surface area contributed by atoms with Crippen LogP contribution >= 0.6 is 0 Å². The lowest BCUT2D eigenvalue weighted by atomic mass is 10.0. The van der Waals surface area contributed by atoms with Gasteiger partial charge >= 0.3 is 12.2 Å². The topological polar surface area (TPSA) is 201 Å². The average Bonchev–Trinajstić information content (AvgIpc) is 4.21. The zero-order chi connectivity index (χ0) is 48.3. The normalized spacial score (nSPS) is 21.9. The molecule has 4 amide bonds. The van der Waals surface area contributed by atoms with E-state index >= 15 is 0 Å². The van der Waals surface area contributed by atoms with Crippen LogP contribution in [0.4, 0.5) is 15.3 Å². The van der Waals surface area contributed by atoms with Crippen molar-refractivity contribution in [2.75, 3.05) is 51.3 Å². The van der Waals surface area contributed by atoms with Crippen LogP contribution in [-0.2, 0) is 14.3 Å². The van der Waals surface area contributed by atoms with E-state index in [0.29, 0.717) is 25.5 Å². The number of aromatic amines is 2. The first kappa shape index (κ1) is 47.7. The molecule has 9 rings (SSSR count). The van der Waals surface area contributed by atoms with E-state index in [2.05, 4.69) is 91.1 Å². The number of methoxy groups -OCH3 is 1. The van der Waals surface area contributed by atoms with Gasteiger partial charge in [0.05, 0.1) is 53.3 Å². The molecule has 0 spiro atoms. The molecule has 6 atom stereocenters. The van der Waals surface area contributed by atoms with Gasteiger partial charge in [0.2, 0.25) is 11.8 Å². The summed E-state index contributed by atoms with van der Waals surface area (Å²) in [5, 5.41) is 14.7. The van der Waals surface area contributed by atoms with Crippen LogP contribution in [0.1, 0.15) is 132 Å². The van der Waals surface area contributed by atoms with Crippen molar-refractivity contribution in [2.24, 2.45) is 11.8 Å². The maximum Gasteiger partial charge on any atom is 0.407 e. The van der Waals surface area contributed by atoms with Crippen LogP contribution in [0.5, 0.6) is 5.75 Å². The van der Waals surface area contributed by atoms with Crippen molar-refractivity contribution in [1.82, 2.24) is 45.3 Å². The average molecular weight is 945 g/mol. The standard InChI is InChI=1S/C52H68N10O7/c1-31(2)45(57-51(65)66)49(63)60-25-9-11-43(60)47-53-37-19-13-33(29-39(37)55-47)41-21-22-42(62(41)35-15-17-36(18-16-35)69-28-27-59-23-7-6-8-24-59)34-14-20-38-40(30-34)56-48(54-38)44-12-10-26-61(44)50(64)46(32(3)4)58-52(67)68-5/h13-20,29-32,41-46,57H,6-12,21-28H2,1-5H3,(H,53,55)(H,54,56)(H,58,67)(H,65,66)/t41-,42-,43?,44?,45+,46+/m1/s1. The van der Waals surface area contributed by atoms with Gasteiger partial charge in [-0.25, -0.2) is 19.6 Å². The Morgan fingerprint density at radius 2 is 1.19 bits per heavy atom. The molecule has 4 aliphatic rings. The fourth-order valence-corrected chi connectivity index (χ4v) is 11.2. The number of hydrogen-bond donors (Lipinski definition) is 5. The lowest BCUT2D eigenvalue weighted by Crippen LogP contribution is -2.51. The molecular weight excluding hydrogens is 877 g/mol. The molecule has 4 aliphatic heterocycles. The molecule has 368 valence electrons. The Balaban J connectivity index is 0.992. The van der Waals surface area contributed by atoms with Gasteiger partial charge in [0, 0.05) is 25.3 Å². The number of likely N-dealkylation sites (tertiary alicyclic amines) is 3. The smallest absolute Gasteiger partial charge is 0.407 e. The van der Waals surface area contributed by atoms with Gasteiger partial charge in [-0.05, 0) is 136 Å². The second kappa shape index (κ2) is 20.7. The molecule has 2 aromatic heterocycles. The Kier molecular flexibility index (Phi) is 14.3. The number of ether oxygens (including phenoxy) is 2. The summed E-state index contributed by atoms with van der Waals surface area (Å²) < 4.78 is 11.1. The Morgan fingerprint density at radius 3 is 1.68 bits per heavy atom. The Labute approximate surface area is 403 Å². The Morgan fingerprint density at radius 1 is 0.667 bits per heavy atom. The van der Waals surface area contributed by atoms with Crippen molar-refractivity contribution in [3.8, 4) is 5.75 Å². The monoisotopic (exact) mass is 945 g/mol. The first-order valence-electron chi connectivity index (χ1n) is 25.0. The summed E-state index contributed by atoms with van der Waals surface area (Å²) in [4.78, 5) is 77.3. The van der Waals surface area contributed by atoms with E-state index in [1.165, 1.54) is 26.4 Å². The highest BCUT2D eigenvalue weighted by molar-refractivity contribution is 5.87. The second-order valence-electron chi connectivity index (χ2n) is 20.0. The van der Waals surface area contributed by atoms with Crippen molar-refractivity contribution >= 4 is 51.8 Å². The highest BCUT2D eigenvalue weighted by Crippen LogP contribution is 2.48. The number of hydrogen-bond acceptors (Lipinski definition) is 10. The molecular formula is C52H68N10O7. The number of nitrogens with one attached hydrogen (secondary N) is 4. The number of anilines is 1. The van der Waals surface area contributed by atoms with Crippen LogP contribution in [0.3, 0.4) is 0 Å². The molecule has 17 heteroatoms. The molecule has 0 aliphatic carbocycles. The van der Waals surface area contributed by atoms with Gasteiger partial charge in [-0.3, -0.25) is 14.5 Å². The van der Waals surface area contributed by atoms with Gasteiger partial charge in [-0.1, -0.05) is 46.2 Å². The number of rotatable bonds is 15. The summed E-state index contributed by atoms with van der Waals surface area (Å²) in [5.41, 5.74) is 6.80. The number of nitrogens with zero attached hydrogens (tertiary/aromatic N) is 6. The molecule has 2 unspecified atom stereocenters. The van der Waals surface area contributed by atoms with Crippen LogP contribution in [0.2, 0.25) is 0 Å². The number of imidazole rings is 2. The molecule has 69 heavy (non-hydrogen) atoms. The number of aromatic nitrogens is 4. The van der Waals surface area contributed by atoms with Gasteiger partial charge in [-0.2, -0.15) is 0 Å². The van der Waals surface area contributed by atoms with E-state index in [-0.39, 0.29) is 47.8 Å². The fraction of sp³-hybridized carbons (Fsp3) is 0.538. The second-order valence-corrected chi connectivity index (χ2v) is 20.0. The minimum atomic E-state index is -1.21. The summed E-state index contributed by atoms with van der Waals surface area (Å²) in [6.45, 7) is 12.5. The predicted octanol–water partition coefficient (Wildman–Crippen LogP) is 8.39. The van der Waals surface area contributed by atoms with E-state index in [4.69, 9.17) is 19.4 Å². The zero-order valence-corrected chi connectivity index (χ0v) is 40.6. The largest absolute Gasteiger partial charge is 0.492 e. The summed E-state index contributed by atoms with van der Waals surface area (Å²) in [6, 6.07) is 19.3. The zero-order valence-electron chi connectivity index (χ0n) is 40.6. The first-order chi connectivity index (χ1) is 33.4. The molecule has 4 fully saturated rings. The molecule has 3 aromatic carbocycles. The van der Waals surface area contributed by atoms with E-state index in [1.54, 1.807) is 4.90 Å². The maximum atomic E-state index is 13.9. The van der Waals surface area contributed by atoms with Crippen LogP contribution in [0.15, 0.2) is 60.7 Å². The van der Waals surface area contributed by atoms with Crippen LogP contribution in [0.25, 0.3) is 22.1 Å². The SMILES string of the molecule is COC(=O)N[C@H](C(=O)N1CCCC1c1nc2ccc([C@H]3CC[C@H](c4ccc5nc(C6CCCN6C(=O)[C@@H](NC(=O)O)C(C)C)[nH]c5c4)N3c3ccc(OCCN4CCCCC4)cc3)cc2[nH]1)C(C)C. The summed E-state index contributed by atoms with van der Waals surface area (Å²) in [7, 11) is 1.30. The number of fused-ring (bicyclic) bond motifs is 2. The van der Waals surface area contributed by atoms with E-state index in [1.807, 2.05) is 32.6 Å². The van der Waals surface area contributed by atoms with Crippen molar-refractivity contribution < 1.29 is 33.8 Å². The third-order valence-corrected chi connectivity index (χ3v) is 14.8. The minimum Gasteiger partial charge on any atom is -0.492 e. The molecule has 0 saturated carbocycles. The number of carbonyl (C=O) groups is 4. The molecule has 5 N–H and O–H groups in total. The lowest BCUT2D eigenvalue weighted by Gasteiger charge is -2.33. The van der Waals surface area contributed by atoms with Gasteiger partial charge in [-0.15, -0.1) is 0 Å². The maximum absolute atomic E-state index is 13.9. The van der Waals surface area contributed by atoms with Gasteiger partial charge in [0.1, 0.15) is 36.1 Å². The molecule has 6 heterocycles. The summed E-state index contributed by atoms with van der Waals surface area (Å²) >= 11 is 0. The molecule has 0 bridgehead atoms. The van der Waals surface area contributed by atoms with E-state index < -0.39 is 24.3 Å². The van der Waals surface area contributed by atoms with Gasteiger partial charge in [0.15, 0.2) is 0 Å². The lowest BCUT2D eigenvalue weighted by molar-refractivity contribution is -0.136. The number of carbonyl (C=O) groups excluding carboxylic acids is 3. The third kappa shape index (κ3) is 10.2. The number of piperidine rings is 1. The van der Waals surface area contributed by atoms with E-state index in [9.17, 15) is 24.3 Å². The Hall–Kier alpha value is -6.36. The van der Waals surface area contributed by atoms with E-state index in [0.717, 1.165) is 109 Å². The molecule has 5 aromatic rings. The highest BCUT2D eigenvalue weighted by atomic mass is 16.5. The van der Waals surface area contributed by atoms with Crippen LogP contribution < -0.4 is 20.3 Å². The van der Waals surface area contributed by atoms with Gasteiger partial charge < -0.3 is 49.9 Å². The summed E-state index contributed by atoms with van der Waals surface area (Å²) in [6.07, 6.45) is 6.88. The highest BCUT2D eigenvalue weighted by Gasteiger charge is 2.40. The Bertz CT molecular complexity index is 2620. The predicted molar refractivity (Wildman–Crippen MR) is 263 cm³/mol. The summed E-state index contributed by atoms with van der Waals surface area (Å²) in [5.74, 6) is 1.58. The van der Waals surface area contributed by atoms with Crippen molar-refractivity contribution in [1.29, 1.82) is 0 Å². The quantitative estimate of drug-likeness (QED) is 0.0675. The van der Waals surface area contributed by atoms with Gasteiger partial charge in [0.25, 0.3) is 0 Å². The van der Waals surface area contributed by atoms with Crippen molar-refractivity contribution in [2.45, 2.75) is 122 Å². The first-order valence-corrected chi connectivity index (χ1v) is 25.0. The number of carboxylic acid groups (broad SMARTS) is 1. The number of alkyl carbamates (subject to hydrolysis) is 1. The third-order valence-electron chi connectivity index (χ3n) is 14.8. The fourth-order valence-electron chi connectivity index (χ4n) is 11.2. The number of amides is 4. The molecule has 17 nitrogen and oxygen atoms in total. The van der Waals surface area contributed by atoms with Crippen LogP contribution in [-0.4, -0.2) is 122 Å². The van der Waals surface area contributed by atoms with Crippen molar-refractivity contribution in [3.63, 3.8) is 0 Å². The number of benzene rings is 3. The minimum absolute atomic E-state index is 0.0223. The molecule has 4 saturated heterocycles. The van der Waals surface area contributed by atoms with Crippen LogP contribution in [0, 0.1) is 11.8 Å². The van der Waals surface area contributed by atoms with Crippen molar-refractivity contribution in [3.05, 3.63) is 83.4 Å². The number of H-pyrrole nitrogens is 2. The molecule has 0 radical (unpaired) electrons.